The van der Waals surface area contributed by atoms with Crippen molar-refractivity contribution in [2.45, 2.75) is 13.0 Å². The molecule has 4 aromatic rings. The van der Waals surface area contributed by atoms with Crippen molar-refractivity contribution in [1.29, 1.82) is 0 Å². The minimum absolute atomic E-state index is 0.0688. The highest BCUT2D eigenvalue weighted by Gasteiger charge is 2.35. The van der Waals surface area contributed by atoms with E-state index < -0.39 is 0 Å². The molecule has 1 aliphatic rings. The fraction of sp³-hybridized carbons (Fsp3) is 0.259. The van der Waals surface area contributed by atoms with Crippen molar-refractivity contribution in [3.63, 3.8) is 0 Å². The van der Waals surface area contributed by atoms with Crippen LogP contribution in [-0.4, -0.2) is 68.0 Å². The zero-order valence-corrected chi connectivity index (χ0v) is 20.8. The minimum Gasteiger partial charge on any atom is -0.457 e. The van der Waals surface area contributed by atoms with Gasteiger partial charge in [0.1, 0.15) is 23.3 Å². The van der Waals surface area contributed by atoms with E-state index in [-0.39, 0.29) is 23.5 Å². The number of carbonyl (C=O) groups excluding carboxylic acids is 1. The molecular formula is C27H29N7O3. The van der Waals surface area contributed by atoms with Crippen molar-refractivity contribution in [3.05, 3.63) is 83.6 Å². The molecule has 0 saturated carbocycles. The molecule has 5 rings (SSSR count). The van der Waals surface area contributed by atoms with Crippen LogP contribution in [0.3, 0.4) is 0 Å². The Labute approximate surface area is 214 Å². The summed E-state index contributed by atoms with van der Waals surface area (Å²) in [5, 5.41) is 0. The number of nitrogens with zero attached hydrogens (tertiary/aromatic N) is 6. The van der Waals surface area contributed by atoms with E-state index >= 15 is 0 Å². The summed E-state index contributed by atoms with van der Waals surface area (Å²) in [6.07, 6.45) is 4.80. The van der Waals surface area contributed by atoms with Gasteiger partial charge in [0.25, 0.3) is 0 Å². The summed E-state index contributed by atoms with van der Waals surface area (Å²) >= 11 is 0. The molecule has 10 heteroatoms. The fourth-order valence-electron chi connectivity index (χ4n) is 4.29. The summed E-state index contributed by atoms with van der Waals surface area (Å²) < 4.78 is 9.00. The molecule has 2 aromatic heterocycles. The van der Waals surface area contributed by atoms with Gasteiger partial charge in [0, 0.05) is 25.7 Å². The Balaban J connectivity index is 1.40. The number of amides is 1. The van der Waals surface area contributed by atoms with Crippen LogP contribution in [0.4, 0.5) is 5.82 Å². The molecule has 0 spiro atoms. The number of imidazole rings is 1. The Morgan fingerprint density at radius 1 is 1.11 bits per heavy atom. The van der Waals surface area contributed by atoms with E-state index in [1.54, 1.807) is 39.8 Å². The van der Waals surface area contributed by atoms with Gasteiger partial charge >= 0.3 is 5.69 Å². The number of carbonyl (C=O) groups is 1. The van der Waals surface area contributed by atoms with Crippen LogP contribution >= 0.6 is 0 Å². The van der Waals surface area contributed by atoms with E-state index in [1.807, 2.05) is 43.5 Å². The second-order valence-corrected chi connectivity index (χ2v) is 8.98. The summed E-state index contributed by atoms with van der Waals surface area (Å²) in [4.78, 5) is 38.5. The van der Waals surface area contributed by atoms with E-state index in [0.29, 0.717) is 42.2 Å². The first-order valence-electron chi connectivity index (χ1n) is 12.2. The van der Waals surface area contributed by atoms with Crippen molar-refractivity contribution in [3.8, 4) is 17.2 Å². The van der Waals surface area contributed by atoms with Crippen molar-refractivity contribution >= 4 is 22.9 Å². The van der Waals surface area contributed by atoms with Crippen LogP contribution in [0.15, 0.2) is 77.9 Å². The highest BCUT2D eigenvalue weighted by molar-refractivity contribution is 5.88. The van der Waals surface area contributed by atoms with Gasteiger partial charge in [-0.3, -0.25) is 13.9 Å². The van der Waals surface area contributed by atoms with Gasteiger partial charge in [-0.15, -0.1) is 0 Å². The summed E-state index contributed by atoms with van der Waals surface area (Å²) in [6.45, 7) is 4.51. The number of ether oxygens (including phenoxy) is 1. The zero-order chi connectivity index (χ0) is 25.9. The second kappa shape index (κ2) is 10.3. The lowest BCUT2D eigenvalue weighted by atomic mass is 10.1. The third kappa shape index (κ3) is 4.83. The van der Waals surface area contributed by atoms with Gasteiger partial charge in [-0.05, 0) is 50.0 Å². The van der Waals surface area contributed by atoms with Gasteiger partial charge in [-0.25, -0.2) is 14.8 Å². The predicted molar refractivity (Wildman–Crippen MR) is 142 cm³/mol. The minimum atomic E-state index is -0.281. The molecule has 3 heterocycles. The van der Waals surface area contributed by atoms with Crippen LogP contribution in [0.2, 0.25) is 0 Å². The molecule has 1 amide bonds. The van der Waals surface area contributed by atoms with Gasteiger partial charge in [-0.1, -0.05) is 31.2 Å². The van der Waals surface area contributed by atoms with Gasteiger partial charge < -0.3 is 20.3 Å². The Hall–Kier alpha value is -4.44. The number of aromatic nitrogens is 4. The number of rotatable bonds is 8. The number of nitrogens with two attached hydrogens (primary N) is 1. The molecule has 10 nitrogen and oxygen atoms in total. The molecule has 1 aliphatic heterocycles. The molecule has 2 N–H and O–H groups in total. The van der Waals surface area contributed by atoms with Crippen LogP contribution in [0.5, 0.6) is 11.5 Å². The van der Waals surface area contributed by atoms with Crippen LogP contribution in [0, 0.1) is 0 Å². The molecule has 0 bridgehead atoms. The highest BCUT2D eigenvalue weighted by atomic mass is 16.5. The maximum absolute atomic E-state index is 13.7. The van der Waals surface area contributed by atoms with E-state index in [9.17, 15) is 9.59 Å². The monoisotopic (exact) mass is 499 g/mol. The van der Waals surface area contributed by atoms with E-state index in [0.717, 1.165) is 12.3 Å². The summed E-state index contributed by atoms with van der Waals surface area (Å²) in [5.41, 5.74) is 7.43. The average molecular weight is 500 g/mol. The lowest BCUT2D eigenvalue weighted by molar-refractivity contribution is -0.131. The first-order valence-corrected chi connectivity index (χ1v) is 12.2. The predicted octanol–water partition coefficient (Wildman–Crippen LogP) is 2.85. The third-order valence-electron chi connectivity index (χ3n) is 6.51. The van der Waals surface area contributed by atoms with Gasteiger partial charge in [-0.2, -0.15) is 0 Å². The zero-order valence-electron chi connectivity index (χ0n) is 20.8. The molecule has 0 aliphatic carbocycles. The average Bonchev–Trinajstić information content (AvgIpc) is 3.17. The topological polar surface area (TPSA) is 112 Å². The molecule has 190 valence electrons. The normalized spacial score (nSPS) is 14.0. The number of hydrogen-bond donors (Lipinski definition) is 1. The van der Waals surface area contributed by atoms with Gasteiger partial charge in [0.2, 0.25) is 5.91 Å². The standard InChI is InChI=1S/C27H29N7O3/c1-3-31(2)15-7-10-23(35)32-16-20(17-32)34-26-24(25(28)29-18-30-26)33(27(34)36)19-11-13-22(14-12-19)37-21-8-5-4-6-9-21/h4-14,18,20H,3,15-17H2,1-2H3,(H2,28,29,30)/b10-7+. The molecule has 37 heavy (non-hydrogen) atoms. The number of nitrogen functional groups attached to an aromatic ring is 1. The lowest BCUT2D eigenvalue weighted by Gasteiger charge is -2.38. The van der Waals surface area contributed by atoms with Crippen molar-refractivity contribution in [2.24, 2.45) is 0 Å². The van der Waals surface area contributed by atoms with Crippen molar-refractivity contribution < 1.29 is 9.53 Å². The Morgan fingerprint density at radius 2 is 1.81 bits per heavy atom. The number of fused-ring (bicyclic) bond motifs is 1. The summed E-state index contributed by atoms with van der Waals surface area (Å²) in [5.74, 6) is 1.50. The Morgan fingerprint density at radius 3 is 2.51 bits per heavy atom. The number of para-hydroxylation sites is 1. The fourth-order valence-corrected chi connectivity index (χ4v) is 4.29. The summed E-state index contributed by atoms with van der Waals surface area (Å²) in [6, 6.07) is 16.4. The first-order chi connectivity index (χ1) is 18.0. The van der Waals surface area contributed by atoms with Gasteiger partial charge in [0.05, 0.1) is 11.7 Å². The maximum Gasteiger partial charge on any atom is 0.335 e. The summed E-state index contributed by atoms with van der Waals surface area (Å²) in [7, 11) is 1.99. The Kier molecular flexibility index (Phi) is 6.74. The molecular weight excluding hydrogens is 470 g/mol. The molecule has 0 radical (unpaired) electrons. The smallest absolute Gasteiger partial charge is 0.335 e. The van der Waals surface area contributed by atoms with Gasteiger partial charge in [0.15, 0.2) is 11.5 Å². The number of likely N-dealkylation sites (N-methyl/N-ethyl adjacent to an activating group) is 1. The van der Waals surface area contributed by atoms with Crippen LogP contribution < -0.4 is 16.2 Å². The molecule has 1 fully saturated rings. The molecule has 0 unspecified atom stereocenters. The maximum atomic E-state index is 13.7. The molecule has 0 atom stereocenters. The number of anilines is 1. The van der Waals surface area contributed by atoms with E-state index in [4.69, 9.17) is 10.5 Å². The number of hydrogen-bond acceptors (Lipinski definition) is 7. The van der Waals surface area contributed by atoms with Crippen LogP contribution in [-0.2, 0) is 4.79 Å². The third-order valence-corrected chi connectivity index (χ3v) is 6.51. The lowest BCUT2D eigenvalue weighted by Crippen LogP contribution is -2.52. The van der Waals surface area contributed by atoms with E-state index in [2.05, 4.69) is 21.8 Å². The quantitative estimate of drug-likeness (QED) is 0.371. The molecule has 1 saturated heterocycles. The largest absolute Gasteiger partial charge is 0.457 e. The number of likely N-dealkylation sites (tertiary alicyclic amines) is 1. The van der Waals surface area contributed by atoms with Crippen molar-refractivity contribution in [2.75, 3.05) is 39.0 Å². The van der Waals surface area contributed by atoms with Crippen LogP contribution in [0.1, 0.15) is 13.0 Å². The highest BCUT2D eigenvalue weighted by Crippen LogP contribution is 2.28. The second-order valence-electron chi connectivity index (χ2n) is 8.98. The first kappa shape index (κ1) is 24.3. The van der Waals surface area contributed by atoms with Crippen LogP contribution in [0.25, 0.3) is 16.9 Å². The SMILES string of the molecule is CCN(C)C/C=C/C(=O)N1CC(n2c(=O)n(-c3ccc(Oc4ccccc4)cc3)c3c(N)ncnc32)C1. The van der Waals surface area contributed by atoms with E-state index in [1.165, 1.54) is 10.9 Å². The Bertz CT molecular complexity index is 1490. The molecule has 2 aromatic carbocycles. The number of benzene rings is 2. The van der Waals surface area contributed by atoms with Crippen molar-refractivity contribution in [1.82, 2.24) is 28.9 Å².